The van der Waals surface area contributed by atoms with E-state index in [9.17, 15) is 0 Å². The van der Waals surface area contributed by atoms with Gasteiger partial charge >= 0.3 is 0 Å². The van der Waals surface area contributed by atoms with Crippen molar-refractivity contribution in [2.75, 3.05) is 0 Å². The van der Waals surface area contributed by atoms with E-state index in [2.05, 4.69) is 25.7 Å². The lowest BCUT2D eigenvalue weighted by Crippen LogP contribution is -1.79. The van der Waals surface area contributed by atoms with E-state index in [0.29, 0.717) is 0 Å². The summed E-state index contributed by atoms with van der Waals surface area (Å²) in [5, 5.41) is 0. The average molecular weight is 279 g/mol. The van der Waals surface area contributed by atoms with E-state index < -0.39 is 0 Å². The molecule has 0 radical (unpaired) electrons. The Morgan fingerprint density at radius 1 is 0.550 bits per heavy atom. The van der Waals surface area contributed by atoms with Gasteiger partial charge in [0.1, 0.15) is 0 Å². The van der Waals surface area contributed by atoms with E-state index in [1.165, 1.54) is 96.3 Å². The van der Waals surface area contributed by atoms with Gasteiger partial charge in [0.25, 0.3) is 0 Å². The summed E-state index contributed by atoms with van der Waals surface area (Å²) in [6, 6.07) is 0. The van der Waals surface area contributed by atoms with Crippen LogP contribution in [0.1, 0.15) is 103 Å². The van der Waals surface area contributed by atoms with Gasteiger partial charge in [-0.1, -0.05) is 82.9 Å². The zero-order valence-electron chi connectivity index (χ0n) is 14.0. The predicted molar refractivity (Wildman–Crippen MR) is 94.3 cm³/mol. The molecular formula is C20H38. The SMILES string of the molecule is C=CCCCCCCCC=CCCCCCCCCC. The van der Waals surface area contributed by atoms with Crippen molar-refractivity contribution in [3.63, 3.8) is 0 Å². The molecule has 0 fully saturated rings. The molecule has 0 aliphatic carbocycles. The molecule has 0 heteroatoms. The quantitative estimate of drug-likeness (QED) is 0.201. The van der Waals surface area contributed by atoms with Crippen molar-refractivity contribution >= 4 is 0 Å². The number of allylic oxidation sites excluding steroid dienone is 3. The van der Waals surface area contributed by atoms with E-state index in [-0.39, 0.29) is 0 Å². The smallest absolute Gasteiger partial charge is 0.0351 e. The molecule has 0 atom stereocenters. The van der Waals surface area contributed by atoms with Crippen molar-refractivity contribution in [1.82, 2.24) is 0 Å². The van der Waals surface area contributed by atoms with Crippen LogP contribution in [0.15, 0.2) is 24.8 Å². The Labute approximate surface area is 128 Å². The van der Waals surface area contributed by atoms with Crippen molar-refractivity contribution in [1.29, 1.82) is 0 Å². The summed E-state index contributed by atoms with van der Waals surface area (Å²) in [6.45, 7) is 6.04. The molecule has 0 saturated carbocycles. The minimum Gasteiger partial charge on any atom is -0.103 e. The second-order valence-electron chi connectivity index (χ2n) is 6.02. The summed E-state index contributed by atoms with van der Waals surface area (Å²) in [7, 11) is 0. The maximum Gasteiger partial charge on any atom is -0.0351 e. The minimum absolute atomic E-state index is 1.19. The Kier molecular flexibility index (Phi) is 18.0. The Morgan fingerprint density at radius 2 is 0.950 bits per heavy atom. The van der Waals surface area contributed by atoms with Gasteiger partial charge in [-0.05, 0) is 38.5 Å². The van der Waals surface area contributed by atoms with E-state index in [1.807, 2.05) is 6.08 Å². The van der Waals surface area contributed by atoms with Crippen molar-refractivity contribution in [3.05, 3.63) is 24.8 Å². The monoisotopic (exact) mass is 278 g/mol. The van der Waals surface area contributed by atoms with Gasteiger partial charge in [-0.3, -0.25) is 0 Å². The van der Waals surface area contributed by atoms with Crippen LogP contribution in [0.5, 0.6) is 0 Å². The maximum atomic E-state index is 3.76. The normalized spacial score (nSPS) is 11.2. The molecule has 0 aliphatic heterocycles. The van der Waals surface area contributed by atoms with E-state index in [4.69, 9.17) is 0 Å². The predicted octanol–water partition coefficient (Wildman–Crippen LogP) is 7.60. The molecule has 0 N–H and O–H groups in total. The first kappa shape index (κ1) is 19.5. The number of rotatable bonds is 16. The summed E-state index contributed by atoms with van der Waals surface area (Å²) < 4.78 is 0. The number of hydrogen-bond acceptors (Lipinski definition) is 0. The Hall–Kier alpha value is -0.520. The average Bonchev–Trinajstić information content (AvgIpc) is 2.47. The molecule has 0 aromatic carbocycles. The molecule has 0 heterocycles. The fourth-order valence-corrected chi connectivity index (χ4v) is 2.54. The van der Waals surface area contributed by atoms with Gasteiger partial charge < -0.3 is 0 Å². The molecular weight excluding hydrogens is 240 g/mol. The zero-order chi connectivity index (χ0) is 14.7. The summed E-state index contributed by atoms with van der Waals surface area (Å²) in [5.41, 5.74) is 0. The molecule has 0 saturated heterocycles. The lowest BCUT2D eigenvalue weighted by Gasteiger charge is -1.99. The van der Waals surface area contributed by atoms with Crippen LogP contribution in [0.25, 0.3) is 0 Å². The third kappa shape index (κ3) is 17.5. The van der Waals surface area contributed by atoms with Crippen molar-refractivity contribution in [3.8, 4) is 0 Å². The van der Waals surface area contributed by atoms with Crippen molar-refractivity contribution in [2.24, 2.45) is 0 Å². The third-order valence-corrected chi connectivity index (χ3v) is 3.92. The van der Waals surface area contributed by atoms with Gasteiger partial charge in [0.2, 0.25) is 0 Å². The standard InChI is InChI=1S/C20H38/c1-3-5-7-9-11-13-15-17-19-20-18-16-14-12-10-8-6-4-2/h3,19-20H,1,4-18H2,2H3. The highest BCUT2D eigenvalue weighted by atomic mass is 14.0. The highest BCUT2D eigenvalue weighted by Gasteiger charge is 1.90. The van der Waals surface area contributed by atoms with E-state index in [1.54, 1.807) is 0 Å². The number of hydrogen-bond donors (Lipinski definition) is 0. The van der Waals surface area contributed by atoms with Gasteiger partial charge in [0.05, 0.1) is 0 Å². The first-order valence-corrected chi connectivity index (χ1v) is 9.17. The lowest BCUT2D eigenvalue weighted by molar-refractivity contribution is 0.591. The van der Waals surface area contributed by atoms with Crippen molar-refractivity contribution < 1.29 is 0 Å². The fraction of sp³-hybridized carbons (Fsp3) is 0.800. The largest absolute Gasteiger partial charge is 0.103 e. The molecule has 0 nitrogen and oxygen atoms in total. The zero-order valence-corrected chi connectivity index (χ0v) is 14.0. The number of unbranched alkanes of at least 4 members (excludes halogenated alkanes) is 13. The lowest BCUT2D eigenvalue weighted by atomic mass is 10.1. The summed E-state index contributed by atoms with van der Waals surface area (Å²) in [5.74, 6) is 0. The van der Waals surface area contributed by atoms with E-state index >= 15 is 0 Å². The summed E-state index contributed by atoms with van der Waals surface area (Å²) >= 11 is 0. The Bertz CT molecular complexity index is 202. The molecule has 0 amide bonds. The Balaban J connectivity index is 3.03. The molecule has 0 bridgehead atoms. The molecule has 0 aliphatic rings. The van der Waals surface area contributed by atoms with Gasteiger partial charge in [0.15, 0.2) is 0 Å². The molecule has 0 aromatic heterocycles. The maximum absolute atomic E-state index is 3.76. The third-order valence-electron chi connectivity index (χ3n) is 3.92. The van der Waals surface area contributed by atoms with Crippen molar-refractivity contribution in [2.45, 2.75) is 103 Å². The molecule has 0 spiro atoms. The van der Waals surface area contributed by atoms with Crippen LogP contribution in [0.4, 0.5) is 0 Å². The first-order chi connectivity index (χ1) is 9.91. The molecule has 118 valence electrons. The first-order valence-electron chi connectivity index (χ1n) is 9.17. The second-order valence-corrected chi connectivity index (χ2v) is 6.02. The van der Waals surface area contributed by atoms with Crippen LogP contribution in [-0.4, -0.2) is 0 Å². The molecule has 0 aromatic rings. The summed E-state index contributed by atoms with van der Waals surface area (Å²) in [4.78, 5) is 0. The van der Waals surface area contributed by atoms with Crippen LogP contribution in [0.2, 0.25) is 0 Å². The van der Waals surface area contributed by atoms with Crippen LogP contribution in [0.3, 0.4) is 0 Å². The molecule has 0 unspecified atom stereocenters. The highest BCUT2D eigenvalue weighted by Crippen LogP contribution is 2.10. The van der Waals surface area contributed by atoms with Gasteiger partial charge in [0, 0.05) is 0 Å². The van der Waals surface area contributed by atoms with E-state index in [0.717, 1.165) is 0 Å². The van der Waals surface area contributed by atoms with Crippen LogP contribution < -0.4 is 0 Å². The summed E-state index contributed by atoms with van der Waals surface area (Å²) in [6.07, 6.45) is 27.5. The fourth-order valence-electron chi connectivity index (χ4n) is 2.54. The minimum atomic E-state index is 1.19. The highest BCUT2D eigenvalue weighted by molar-refractivity contribution is 4.81. The molecule has 20 heavy (non-hydrogen) atoms. The van der Waals surface area contributed by atoms with Gasteiger partial charge in [-0.2, -0.15) is 0 Å². The second kappa shape index (κ2) is 18.5. The van der Waals surface area contributed by atoms with Crippen LogP contribution in [0, 0.1) is 0 Å². The van der Waals surface area contributed by atoms with Gasteiger partial charge in [-0.15, -0.1) is 6.58 Å². The Morgan fingerprint density at radius 3 is 1.40 bits per heavy atom. The topological polar surface area (TPSA) is 0 Å². The molecule has 0 rings (SSSR count). The van der Waals surface area contributed by atoms with Crippen LogP contribution in [-0.2, 0) is 0 Å². The van der Waals surface area contributed by atoms with Crippen LogP contribution >= 0.6 is 0 Å². The van der Waals surface area contributed by atoms with Gasteiger partial charge in [-0.25, -0.2) is 0 Å².